The lowest BCUT2D eigenvalue weighted by molar-refractivity contribution is 0.0696. The summed E-state index contributed by atoms with van der Waals surface area (Å²) < 4.78 is 14.8. The molecule has 2 aromatic rings. The highest BCUT2D eigenvalue weighted by Gasteiger charge is 2.16. The third kappa shape index (κ3) is 1.77. The van der Waals surface area contributed by atoms with Gasteiger partial charge in [-0.2, -0.15) is 0 Å². The number of carboxylic acids is 1. The summed E-state index contributed by atoms with van der Waals surface area (Å²) in [5.74, 6) is -0.506. The van der Waals surface area contributed by atoms with Crippen molar-refractivity contribution in [1.29, 1.82) is 0 Å². The fourth-order valence-electron chi connectivity index (χ4n) is 1.68. The maximum absolute atomic E-state index is 11.6. The highest BCUT2D eigenvalue weighted by atomic mass is 16.5. The molecule has 6 heteroatoms. The van der Waals surface area contributed by atoms with Crippen molar-refractivity contribution in [3.8, 4) is 11.5 Å². The van der Waals surface area contributed by atoms with Crippen LogP contribution in [-0.2, 0) is 0 Å². The SMILES string of the molecule is COc1cc2c(C(=O)O)coc(=O)c2cc1OC. The maximum atomic E-state index is 11.6. The second kappa shape index (κ2) is 4.40. The van der Waals surface area contributed by atoms with Crippen LogP contribution >= 0.6 is 0 Å². The van der Waals surface area contributed by atoms with Gasteiger partial charge in [-0.15, -0.1) is 0 Å². The Bertz CT molecular complexity index is 670. The molecule has 6 nitrogen and oxygen atoms in total. The normalized spacial score (nSPS) is 10.3. The zero-order chi connectivity index (χ0) is 13.3. The van der Waals surface area contributed by atoms with E-state index in [1.807, 2.05) is 0 Å². The first-order valence-corrected chi connectivity index (χ1v) is 4.99. The summed E-state index contributed by atoms with van der Waals surface area (Å²) in [5.41, 5.74) is -0.735. The Labute approximate surface area is 101 Å². The standard InChI is InChI=1S/C12H10O6/c1-16-9-3-6-7(4-10(9)17-2)12(15)18-5-8(6)11(13)14/h3-5H,1-2H3,(H,13,14). The molecule has 0 aliphatic heterocycles. The molecule has 18 heavy (non-hydrogen) atoms. The topological polar surface area (TPSA) is 86.0 Å². The lowest BCUT2D eigenvalue weighted by Crippen LogP contribution is -2.06. The monoisotopic (exact) mass is 250 g/mol. The number of hydrogen-bond acceptors (Lipinski definition) is 5. The van der Waals surface area contributed by atoms with E-state index >= 15 is 0 Å². The molecule has 94 valence electrons. The number of aromatic carboxylic acids is 1. The van der Waals surface area contributed by atoms with Gasteiger partial charge in [0.25, 0.3) is 0 Å². The molecule has 0 fully saturated rings. The Hall–Kier alpha value is -2.50. The maximum Gasteiger partial charge on any atom is 0.343 e. The quantitative estimate of drug-likeness (QED) is 0.888. The molecule has 0 aliphatic carbocycles. The number of fused-ring (bicyclic) bond motifs is 1. The molecule has 0 atom stereocenters. The van der Waals surface area contributed by atoms with Gasteiger partial charge >= 0.3 is 11.6 Å². The summed E-state index contributed by atoms with van der Waals surface area (Å²) in [6.45, 7) is 0. The lowest BCUT2D eigenvalue weighted by atomic mass is 10.1. The molecule has 2 rings (SSSR count). The molecular formula is C12H10O6. The zero-order valence-electron chi connectivity index (χ0n) is 9.72. The minimum atomic E-state index is -1.18. The number of hydrogen-bond donors (Lipinski definition) is 1. The van der Waals surface area contributed by atoms with Crippen LogP contribution in [0.5, 0.6) is 11.5 Å². The Morgan fingerprint density at radius 1 is 1.17 bits per heavy atom. The number of methoxy groups -OCH3 is 2. The van der Waals surface area contributed by atoms with Gasteiger partial charge in [0.2, 0.25) is 0 Å². The highest BCUT2D eigenvalue weighted by Crippen LogP contribution is 2.32. The summed E-state index contributed by atoms with van der Waals surface area (Å²) in [4.78, 5) is 22.6. The first-order valence-electron chi connectivity index (χ1n) is 4.99. The average Bonchev–Trinajstić information content (AvgIpc) is 2.37. The van der Waals surface area contributed by atoms with Gasteiger partial charge in [-0.05, 0) is 12.1 Å². The van der Waals surface area contributed by atoms with Gasteiger partial charge in [0.1, 0.15) is 11.8 Å². The predicted molar refractivity (Wildman–Crippen MR) is 62.5 cm³/mol. The van der Waals surface area contributed by atoms with Crippen LogP contribution < -0.4 is 15.1 Å². The zero-order valence-corrected chi connectivity index (χ0v) is 9.72. The Kier molecular flexibility index (Phi) is 2.93. The van der Waals surface area contributed by atoms with E-state index in [-0.39, 0.29) is 16.3 Å². The van der Waals surface area contributed by atoms with Crippen molar-refractivity contribution in [2.24, 2.45) is 0 Å². The van der Waals surface area contributed by atoms with Crippen LogP contribution in [0, 0.1) is 0 Å². The summed E-state index contributed by atoms with van der Waals surface area (Å²) in [6.07, 6.45) is 0.916. The van der Waals surface area contributed by atoms with Gasteiger partial charge in [0, 0.05) is 5.39 Å². The smallest absolute Gasteiger partial charge is 0.343 e. The molecule has 0 aliphatic rings. The third-order valence-corrected chi connectivity index (χ3v) is 2.55. The van der Waals surface area contributed by atoms with Gasteiger partial charge in [-0.25, -0.2) is 9.59 Å². The van der Waals surface area contributed by atoms with E-state index < -0.39 is 11.6 Å². The van der Waals surface area contributed by atoms with Crippen molar-refractivity contribution in [2.75, 3.05) is 14.2 Å². The van der Waals surface area contributed by atoms with E-state index in [2.05, 4.69) is 4.42 Å². The summed E-state index contributed by atoms with van der Waals surface area (Å²) in [6, 6.07) is 2.83. The number of carboxylic acid groups (broad SMARTS) is 1. The molecule has 0 spiro atoms. The average molecular weight is 250 g/mol. The van der Waals surface area contributed by atoms with Crippen LogP contribution in [0.15, 0.2) is 27.6 Å². The molecule has 1 aromatic carbocycles. The molecule has 1 heterocycles. The lowest BCUT2D eigenvalue weighted by Gasteiger charge is -2.09. The van der Waals surface area contributed by atoms with E-state index in [0.29, 0.717) is 11.5 Å². The molecule has 1 N–H and O–H groups in total. The molecule has 0 unspecified atom stereocenters. The Balaban J connectivity index is 2.91. The van der Waals surface area contributed by atoms with Crippen LogP contribution in [0.1, 0.15) is 10.4 Å². The second-order valence-electron chi connectivity index (χ2n) is 3.49. The molecule has 0 radical (unpaired) electrons. The van der Waals surface area contributed by atoms with Gasteiger partial charge in [-0.3, -0.25) is 0 Å². The minimum absolute atomic E-state index is 0.106. The first kappa shape index (κ1) is 12.0. The summed E-state index contributed by atoms with van der Waals surface area (Å²) in [7, 11) is 2.85. The molecule has 1 aromatic heterocycles. The van der Waals surface area contributed by atoms with Crippen LogP contribution in [-0.4, -0.2) is 25.3 Å². The van der Waals surface area contributed by atoms with Crippen molar-refractivity contribution in [3.63, 3.8) is 0 Å². The van der Waals surface area contributed by atoms with E-state index in [4.69, 9.17) is 14.6 Å². The fourth-order valence-corrected chi connectivity index (χ4v) is 1.68. The van der Waals surface area contributed by atoms with Crippen LogP contribution in [0.25, 0.3) is 10.8 Å². The van der Waals surface area contributed by atoms with Gasteiger partial charge in [0.15, 0.2) is 11.5 Å². The predicted octanol–water partition coefficient (Wildman–Crippen LogP) is 1.51. The fraction of sp³-hybridized carbons (Fsp3) is 0.167. The van der Waals surface area contributed by atoms with E-state index in [9.17, 15) is 9.59 Å². The number of rotatable bonds is 3. The second-order valence-corrected chi connectivity index (χ2v) is 3.49. The molecule has 0 bridgehead atoms. The van der Waals surface area contributed by atoms with Gasteiger partial charge in [0.05, 0.1) is 19.6 Å². The molecular weight excluding hydrogens is 240 g/mol. The molecule has 0 amide bonds. The van der Waals surface area contributed by atoms with Crippen molar-refractivity contribution < 1.29 is 23.8 Å². The van der Waals surface area contributed by atoms with E-state index in [0.717, 1.165) is 6.26 Å². The number of carbonyl (C=O) groups is 1. The summed E-state index contributed by atoms with van der Waals surface area (Å²) >= 11 is 0. The van der Waals surface area contributed by atoms with Crippen molar-refractivity contribution in [3.05, 3.63) is 34.4 Å². The largest absolute Gasteiger partial charge is 0.493 e. The number of benzene rings is 1. The van der Waals surface area contributed by atoms with Crippen LogP contribution in [0.2, 0.25) is 0 Å². The van der Waals surface area contributed by atoms with Crippen LogP contribution in [0.4, 0.5) is 0 Å². The minimum Gasteiger partial charge on any atom is -0.493 e. The Morgan fingerprint density at radius 2 is 1.72 bits per heavy atom. The van der Waals surface area contributed by atoms with Crippen molar-refractivity contribution in [2.45, 2.75) is 0 Å². The first-order chi connectivity index (χ1) is 8.58. The van der Waals surface area contributed by atoms with Gasteiger partial charge in [-0.1, -0.05) is 0 Å². The highest BCUT2D eigenvalue weighted by molar-refractivity contribution is 6.03. The van der Waals surface area contributed by atoms with Crippen molar-refractivity contribution in [1.82, 2.24) is 0 Å². The van der Waals surface area contributed by atoms with E-state index in [1.54, 1.807) is 0 Å². The third-order valence-electron chi connectivity index (χ3n) is 2.55. The summed E-state index contributed by atoms with van der Waals surface area (Å²) in [5, 5.41) is 9.41. The van der Waals surface area contributed by atoms with Gasteiger partial charge < -0.3 is 19.0 Å². The van der Waals surface area contributed by atoms with Crippen molar-refractivity contribution >= 4 is 16.7 Å². The van der Waals surface area contributed by atoms with E-state index in [1.165, 1.54) is 26.4 Å². The van der Waals surface area contributed by atoms with Crippen LogP contribution in [0.3, 0.4) is 0 Å². The molecule has 0 saturated carbocycles. The number of ether oxygens (including phenoxy) is 2. The Morgan fingerprint density at radius 3 is 2.22 bits per heavy atom. The molecule has 0 saturated heterocycles.